The van der Waals surface area contributed by atoms with Crippen LogP contribution in [-0.4, -0.2) is 110 Å². The van der Waals surface area contributed by atoms with Gasteiger partial charge in [0.05, 0.1) is 25.4 Å². The Morgan fingerprint density at radius 3 is 1.39 bits per heavy atom. The van der Waals surface area contributed by atoms with Crippen LogP contribution in [0.15, 0.2) is 12.2 Å². The van der Waals surface area contributed by atoms with Crippen molar-refractivity contribution in [1.29, 1.82) is 0 Å². The second kappa shape index (κ2) is 41.3. The molecule has 62 heavy (non-hydrogen) atoms. The van der Waals surface area contributed by atoms with Crippen molar-refractivity contribution in [2.24, 2.45) is 0 Å². The molecule has 1 fully saturated rings. The number of hydrogen-bond donors (Lipinski definition) is 8. The molecule has 0 bridgehead atoms. The van der Waals surface area contributed by atoms with Crippen molar-refractivity contribution in [3.05, 3.63) is 12.2 Å². The summed E-state index contributed by atoms with van der Waals surface area (Å²) in [7, 11) is 0. The van der Waals surface area contributed by atoms with E-state index >= 15 is 0 Å². The van der Waals surface area contributed by atoms with Gasteiger partial charge in [0.1, 0.15) is 36.6 Å². The Balaban J connectivity index is 2.30. The van der Waals surface area contributed by atoms with Crippen LogP contribution in [0.1, 0.15) is 239 Å². The molecule has 0 aromatic heterocycles. The molecule has 0 aromatic carbocycles. The number of aliphatic hydroxyl groups excluding tert-OH is 7. The van der Waals surface area contributed by atoms with E-state index in [0.29, 0.717) is 12.8 Å². The van der Waals surface area contributed by atoms with E-state index in [-0.39, 0.29) is 12.8 Å². The van der Waals surface area contributed by atoms with Crippen LogP contribution < -0.4 is 5.32 Å². The van der Waals surface area contributed by atoms with Crippen molar-refractivity contribution < 1.29 is 50.0 Å². The summed E-state index contributed by atoms with van der Waals surface area (Å²) in [6, 6.07) is -1.18. The highest BCUT2D eigenvalue weighted by Crippen LogP contribution is 2.23. The number of carbonyl (C=O) groups excluding carboxylic acids is 1. The normalized spacial score (nSPS) is 21.3. The Bertz CT molecular complexity index is 1020. The number of ether oxygens (including phenoxy) is 2. The molecular weight excluding hydrogens is 787 g/mol. The molecule has 9 atom stereocenters. The standard InChI is InChI=1S/C51H99NO10/c1-3-5-7-9-11-13-15-16-17-18-19-20-21-22-23-24-25-26-27-29-31-33-35-37-39-44(55)50(60)52-42(41-61-51-49(59)48(58)47(57)45(40-53)62-51)46(56)43(54)38-36-34-32-30-28-14-12-10-8-6-4-2/h30,32,42-49,51,53-59H,3-29,31,33-41H2,1-2H3,(H,52,60)/b32-30+. The van der Waals surface area contributed by atoms with E-state index in [1.807, 2.05) is 0 Å². The zero-order valence-electron chi connectivity index (χ0n) is 39.9. The number of amides is 1. The van der Waals surface area contributed by atoms with Crippen molar-refractivity contribution in [3.63, 3.8) is 0 Å². The number of unbranched alkanes of at least 4 members (excludes halogenated alkanes) is 30. The maximum Gasteiger partial charge on any atom is 0.249 e. The lowest BCUT2D eigenvalue weighted by atomic mass is 9.98. The fourth-order valence-electron chi connectivity index (χ4n) is 8.50. The quantitative estimate of drug-likeness (QED) is 0.0216. The van der Waals surface area contributed by atoms with E-state index in [4.69, 9.17) is 9.47 Å². The van der Waals surface area contributed by atoms with Gasteiger partial charge in [0.2, 0.25) is 5.91 Å². The number of rotatable bonds is 44. The van der Waals surface area contributed by atoms with Crippen molar-refractivity contribution in [3.8, 4) is 0 Å². The minimum atomic E-state index is -1.66. The summed E-state index contributed by atoms with van der Waals surface area (Å²) in [4.78, 5) is 13.1. The van der Waals surface area contributed by atoms with E-state index in [9.17, 15) is 40.5 Å². The predicted molar refractivity (Wildman–Crippen MR) is 252 cm³/mol. The molecule has 1 aliphatic rings. The third kappa shape index (κ3) is 30.1. The molecule has 1 aliphatic heterocycles. The van der Waals surface area contributed by atoms with Gasteiger partial charge in [-0.15, -0.1) is 0 Å². The van der Waals surface area contributed by atoms with Crippen LogP contribution in [-0.2, 0) is 14.3 Å². The summed E-state index contributed by atoms with van der Waals surface area (Å²) in [5.41, 5.74) is 0. The summed E-state index contributed by atoms with van der Waals surface area (Å²) >= 11 is 0. The molecule has 0 spiro atoms. The summed E-state index contributed by atoms with van der Waals surface area (Å²) in [6.45, 7) is 3.42. The first kappa shape index (κ1) is 58.9. The fraction of sp³-hybridized carbons (Fsp3) is 0.941. The molecular formula is C51H99NO10. The van der Waals surface area contributed by atoms with Gasteiger partial charge in [-0.3, -0.25) is 4.79 Å². The van der Waals surface area contributed by atoms with Gasteiger partial charge < -0.3 is 50.5 Å². The van der Waals surface area contributed by atoms with Crippen LogP contribution in [0.5, 0.6) is 0 Å². The number of carbonyl (C=O) groups is 1. The van der Waals surface area contributed by atoms with E-state index in [2.05, 4.69) is 31.3 Å². The number of allylic oxidation sites excluding steroid dienone is 2. The Labute approximate surface area is 379 Å². The third-order valence-corrected chi connectivity index (χ3v) is 12.8. The SMILES string of the molecule is CCCCCCCC/C=C/CCCC(O)C(O)C(COC1OC(CO)C(O)C(O)C1O)NC(=O)C(O)CCCCCCCCCCCCCCCCCCCCCCCCCC. The number of aliphatic hydroxyl groups is 7. The lowest BCUT2D eigenvalue weighted by Gasteiger charge is -2.40. The molecule has 0 aromatic rings. The van der Waals surface area contributed by atoms with Gasteiger partial charge in [-0.1, -0.05) is 212 Å². The van der Waals surface area contributed by atoms with Gasteiger partial charge >= 0.3 is 0 Å². The van der Waals surface area contributed by atoms with Crippen molar-refractivity contribution in [2.75, 3.05) is 13.2 Å². The van der Waals surface area contributed by atoms with Gasteiger partial charge in [-0.05, 0) is 38.5 Å². The first-order chi connectivity index (χ1) is 30.2. The number of hydrogen-bond acceptors (Lipinski definition) is 10. The van der Waals surface area contributed by atoms with E-state index in [1.54, 1.807) is 0 Å². The topological polar surface area (TPSA) is 189 Å². The molecule has 1 amide bonds. The molecule has 0 aliphatic carbocycles. The van der Waals surface area contributed by atoms with Crippen LogP contribution in [0, 0.1) is 0 Å². The molecule has 8 N–H and O–H groups in total. The Kier molecular flexibility index (Phi) is 39.2. The predicted octanol–water partition coefficient (Wildman–Crippen LogP) is 9.62. The second-order valence-corrected chi connectivity index (χ2v) is 18.6. The highest BCUT2D eigenvalue weighted by atomic mass is 16.7. The summed E-state index contributed by atoms with van der Waals surface area (Å²) in [6.07, 6.45) is 34.3. The van der Waals surface area contributed by atoms with Crippen LogP contribution in [0.25, 0.3) is 0 Å². The highest BCUT2D eigenvalue weighted by Gasteiger charge is 2.44. The lowest BCUT2D eigenvalue weighted by Crippen LogP contribution is -2.60. The molecule has 0 saturated carbocycles. The Morgan fingerprint density at radius 1 is 0.548 bits per heavy atom. The third-order valence-electron chi connectivity index (χ3n) is 12.8. The van der Waals surface area contributed by atoms with Crippen LogP contribution in [0.4, 0.5) is 0 Å². The molecule has 11 heteroatoms. The maximum atomic E-state index is 13.1. The lowest BCUT2D eigenvalue weighted by molar-refractivity contribution is -0.303. The van der Waals surface area contributed by atoms with Crippen molar-refractivity contribution in [1.82, 2.24) is 5.32 Å². The molecule has 11 nitrogen and oxygen atoms in total. The van der Waals surface area contributed by atoms with Crippen LogP contribution in [0.2, 0.25) is 0 Å². The maximum absolute atomic E-state index is 13.1. The van der Waals surface area contributed by atoms with Crippen molar-refractivity contribution >= 4 is 5.91 Å². The first-order valence-corrected chi connectivity index (χ1v) is 26.1. The van der Waals surface area contributed by atoms with Gasteiger partial charge in [-0.2, -0.15) is 0 Å². The van der Waals surface area contributed by atoms with Crippen LogP contribution >= 0.6 is 0 Å². The fourth-order valence-corrected chi connectivity index (χ4v) is 8.50. The smallest absolute Gasteiger partial charge is 0.249 e. The Hall–Kier alpha value is -1.15. The monoisotopic (exact) mass is 886 g/mol. The minimum Gasteiger partial charge on any atom is -0.394 e. The average molecular weight is 886 g/mol. The van der Waals surface area contributed by atoms with Crippen molar-refractivity contribution in [2.45, 2.75) is 294 Å². The summed E-state index contributed by atoms with van der Waals surface area (Å²) < 4.78 is 11.1. The molecule has 1 rings (SSSR count). The molecule has 368 valence electrons. The highest BCUT2D eigenvalue weighted by molar-refractivity contribution is 5.80. The average Bonchev–Trinajstić information content (AvgIpc) is 3.27. The minimum absolute atomic E-state index is 0.259. The van der Waals surface area contributed by atoms with Gasteiger partial charge in [-0.25, -0.2) is 0 Å². The Morgan fingerprint density at radius 2 is 0.952 bits per heavy atom. The molecule has 1 saturated heterocycles. The molecule has 0 radical (unpaired) electrons. The van der Waals surface area contributed by atoms with E-state index in [1.165, 1.54) is 161 Å². The van der Waals surface area contributed by atoms with Gasteiger partial charge in [0, 0.05) is 0 Å². The zero-order valence-corrected chi connectivity index (χ0v) is 39.9. The van der Waals surface area contributed by atoms with E-state index in [0.717, 1.165) is 38.5 Å². The molecule has 9 unspecified atom stereocenters. The van der Waals surface area contributed by atoms with Crippen LogP contribution in [0.3, 0.4) is 0 Å². The van der Waals surface area contributed by atoms with Gasteiger partial charge in [0.15, 0.2) is 6.29 Å². The summed E-state index contributed by atoms with van der Waals surface area (Å²) in [5.74, 6) is -0.703. The molecule has 1 heterocycles. The first-order valence-electron chi connectivity index (χ1n) is 26.1. The number of nitrogens with one attached hydrogen (secondary N) is 1. The second-order valence-electron chi connectivity index (χ2n) is 18.6. The van der Waals surface area contributed by atoms with E-state index < -0.39 is 74.2 Å². The largest absolute Gasteiger partial charge is 0.394 e. The zero-order chi connectivity index (χ0) is 45.5. The van der Waals surface area contributed by atoms with Gasteiger partial charge in [0.25, 0.3) is 0 Å². The summed E-state index contributed by atoms with van der Waals surface area (Å²) in [5, 5.41) is 75.7.